The number of fused-ring (bicyclic) bond motifs is 1. The van der Waals surface area contributed by atoms with E-state index in [4.69, 9.17) is 0 Å². The minimum Gasteiger partial charge on any atom is -0.508 e. The minimum absolute atomic E-state index is 0.0795. The smallest absolute Gasteiger partial charge is 0.227 e. The quantitative estimate of drug-likeness (QED) is 0.922. The molecular weight excluding hydrogens is 270 g/mol. The van der Waals surface area contributed by atoms with E-state index in [0.29, 0.717) is 5.56 Å². The first-order chi connectivity index (χ1) is 9.66. The minimum atomic E-state index is 0.0795. The van der Waals surface area contributed by atoms with E-state index in [1.807, 2.05) is 11.0 Å². The van der Waals surface area contributed by atoms with Gasteiger partial charge in [-0.3, -0.25) is 4.79 Å². The Labute approximate surface area is 122 Å². The number of hydrogen-bond donors (Lipinski definition) is 1. The Morgan fingerprint density at radius 1 is 1.40 bits per heavy atom. The van der Waals surface area contributed by atoms with Crippen LogP contribution in [0.5, 0.6) is 5.75 Å². The highest BCUT2D eigenvalue weighted by Gasteiger charge is 2.28. The van der Waals surface area contributed by atoms with Gasteiger partial charge in [0.25, 0.3) is 0 Å². The molecule has 0 saturated heterocycles. The molecule has 2 heterocycles. The summed E-state index contributed by atoms with van der Waals surface area (Å²) in [5.41, 5.74) is 1.97. The van der Waals surface area contributed by atoms with Gasteiger partial charge in [-0.2, -0.15) is 0 Å². The predicted molar refractivity (Wildman–Crippen MR) is 80.0 cm³/mol. The van der Waals surface area contributed by atoms with Crippen LogP contribution in [0.2, 0.25) is 0 Å². The van der Waals surface area contributed by atoms with Gasteiger partial charge in [0.2, 0.25) is 5.91 Å². The molecule has 1 amide bonds. The Bertz CT molecular complexity index is 635. The molecule has 2 aromatic rings. The van der Waals surface area contributed by atoms with Gasteiger partial charge < -0.3 is 10.0 Å². The van der Waals surface area contributed by atoms with E-state index in [1.165, 1.54) is 10.4 Å². The van der Waals surface area contributed by atoms with Gasteiger partial charge in [0.05, 0.1) is 12.5 Å². The molecule has 4 heteroatoms. The lowest BCUT2D eigenvalue weighted by Gasteiger charge is -2.33. The number of nitrogens with zero attached hydrogens (tertiary/aromatic N) is 1. The Morgan fingerprint density at radius 2 is 2.20 bits per heavy atom. The van der Waals surface area contributed by atoms with Crippen LogP contribution < -0.4 is 0 Å². The average molecular weight is 287 g/mol. The summed E-state index contributed by atoms with van der Waals surface area (Å²) < 4.78 is 0. The summed E-state index contributed by atoms with van der Waals surface area (Å²) in [6.45, 7) is 2.84. The fraction of sp³-hybridized carbons (Fsp3) is 0.312. The fourth-order valence-electron chi connectivity index (χ4n) is 2.77. The van der Waals surface area contributed by atoms with Gasteiger partial charge in [-0.15, -0.1) is 11.3 Å². The van der Waals surface area contributed by atoms with Gasteiger partial charge in [0.15, 0.2) is 0 Å². The Balaban J connectivity index is 1.77. The molecule has 0 saturated carbocycles. The second-order valence-corrected chi connectivity index (χ2v) is 6.12. The normalized spacial score (nSPS) is 17.9. The highest BCUT2D eigenvalue weighted by atomic mass is 32.1. The largest absolute Gasteiger partial charge is 0.508 e. The standard InChI is InChI=1S/C16H17NO2S/c1-11-13-7-9-20-15(13)6-8-17(11)16(19)10-12-4-2-3-5-14(12)18/h2-5,7,9,11,18H,6,8,10H2,1H3. The lowest BCUT2D eigenvalue weighted by atomic mass is 10.00. The molecule has 1 aliphatic rings. The molecule has 20 heavy (non-hydrogen) atoms. The summed E-state index contributed by atoms with van der Waals surface area (Å²) in [6.07, 6.45) is 1.19. The van der Waals surface area contributed by atoms with Crippen molar-refractivity contribution in [3.63, 3.8) is 0 Å². The molecule has 3 nitrogen and oxygen atoms in total. The number of para-hydroxylation sites is 1. The number of rotatable bonds is 2. The molecule has 1 aromatic heterocycles. The van der Waals surface area contributed by atoms with Gasteiger partial charge in [-0.1, -0.05) is 18.2 Å². The second kappa shape index (κ2) is 5.29. The van der Waals surface area contributed by atoms with E-state index in [0.717, 1.165) is 13.0 Å². The molecule has 0 spiro atoms. The zero-order chi connectivity index (χ0) is 14.1. The predicted octanol–water partition coefficient (Wildman–Crippen LogP) is 3.14. The number of benzene rings is 1. The average Bonchev–Trinajstić information content (AvgIpc) is 2.91. The van der Waals surface area contributed by atoms with Crippen LogP contribution in [-0.2, 0) is 17.6 Å². The Hall–Kier alpha value is -1.81. The van der Waals surface area contributed by atoms with Crippen LogP contribution in [0.25, 0.3) is 0 Å². The van der Waals surface area contributed by atoms with E-state index in [-0.39, 0.29) is 24.1 Å². The number of hydrogen-bond acceptors (Lipinski definition) is 3. The maximum atomic E-state index is 12.5. The van der Waals surface area contributed by atoms with Crippen molar-refractivity contribution in [3.8, 4) is 5.75 Å². The van der Waals surface area contributed by atoms with Crippen LogP contribution in [0, 0.1) is 0 Å². The van der Waals surface area contributed by atoms with Gasteiger partial charge in [0.1, 0.15) is 5.75 Å². The Morgan fingerprint density at radius 3 is 3.00 bits per heavy atom. The molecule has 1 aliphatic heterocycles. The van der Waals surface area contributed by atoms with E-state index in [9.17, 15) is 9.90 Å². The van der Waals surface area contributed by atoms with Crippen LogP contribution in [-0.4, -0.2) is 22.5 Å². The molecule has 1 atom stereocenters. The van der Waals surface area contributed by atoms with Crippen molar-refractivity contribution in [3.05, 3.63) is 51.7 Å². The molecule has 1 aromatic carbocycles. The summed E-state index contributed by atoms with van der Waals surface area (Å²) in [4.78, 5) is 15.8. The third-order valence-electron chi connectivity index (χ3n) is 3.93. The highest BCUT2D eigenvalue weighted by molar-refractivity contribution is 7.10. The summed E-state index contributed by atoms with van der Waals surface area (Å²) in [7, 11) is 0. The monoisotopic (exact) mass is 287 g/mol. The summed E-state index contributed by atoms with van der Waals surface area (Å²) in [6, 6.07) is 9.29. The maximum Gasteiger partial charge on any atom is 0.227 e. The van der Waals surface area contributed by atoms with E-state index in [1.54, 1.807) is 29.5 Å². The van der Waals surface area contributed by atoms with Gasteiger partial charge >= 0.3 is 0 Å². The zero-order valence-corrected chi connectivity index (χ0v) is 12.2. The van der Waals surface area contributed by atoms with Crippen LogP contribution in [0.4, 0.5) is 0 Å². The molecule has 0 bridgehead atoms. The van der Waals surface area contributed by atoms with Crippen LogP contribution in [0.15, 0.2) is 35.7 Å². The van der Waals surface area contributed by atoms with Gasteiger partial charge in [-0.25, -0.2) is 0 Å². The first kappa shape index (κ1) is 13.2. The first-order valence-corrected chi connectivity index (χ1v) is 7.67. The van der Waals surface area contributed by atoms with Crippen molar-refractivity contribution in [2.24, 2.45) is 0 Å². The maximum absolute atomic E-state index is 12.5. The van der Waals surface area contributed by atoms with Crippen molar-refractivity contribution in [1.82, 2.24) is 4.90 Å². The van der Waals surface area contributed by atoms with Gasteiger partial charge in [0, 0.05) is 17.0 Å². The van der Waals surface area contributed by atoms with E-state index >= 15 is 0 Å². The number of amides is 1. The number of thiophene rings is 1. The molecule has 1 unspecified atom stereocenters. The van der Waals surface area contributed by atoms with Crippen molar-refractivity contribution in [2.75, 3.05) is 6.54 Å². The lowest BCUT2D eigenvalue weighted by molar-refractivity contribution is -0.133. The van der Waals surface area contributed by atoms with Crippen LogP contribution in [0.1, 0.15) is 29.0 Å². The zero-order valence-electron chi connectivity index (χ0n) is 11.4. The topological polar surface area (TPSA) is 40.5 Å². The molecular formula is C16H17NO2S. The number of aromatic hydroxyl groups is 1. The third-order valence-corrected chi connectivity index (χ3v) is 4.93. The molecule has 1 N–H and O–H groups in total. The second-order valence-electron chi connectivity index (χ2n) is 5.12. The molecule has 0 aliphatic carbocycles. The summed E-state index contributed by atoms with van der Waals surface area (Å²) in [5, 5.41) is 11.9. The highest BCUT2D eigenvalue weighted by Crippen LogP contribution is 2.33. The fourth-order valence-corrected chi connectivity index (χ4v) is 3.74. The van der Waals surface area contributed by atoms with Crippen molar-refractivity contribution >= 4 is 17.2 Å². The van der Waals surface area contributed by atoms with Crippen LogP contribution >= 0.6 is 11.3 Å². The van der Waals surface area contributed by atoms with Crippen molar-refractivity contribution < 1.29 is 9.90 Å². The van der Waals surface area contributed by atoms with Gasteiger partial charge in [-0.05, 0) is 36.4 Å². The summed E-state index contributed by atoms with van der Waals surface area (Å²) >= 11 is 1.77. The number of carbonyl (C=O) groups is 1. The van der Waals surface area contributed by atoms with Crippen molar-refractivity contribution in [2.45, 2.75) is 25.8 Å². The lowest BCUT2D eigenvalue weighted by Crippen LogP contribution is -2.39. The molecule has 0 fully saturated rings. The molecule has 0 radical (unpaired) electrons. The first-order valence-electron chi connectivity index (χ1n) is 6.79. The Kier molecular flexibility index (Phi) is 3.49. The summed E-state index contributed by atoms with van der Waals surface area (Å²) in [5.74, 6) is 0.276. The van der Waals surface area contributed by atoms with Crippen LogP contribution in [0.3, 0.4) is 0 Å². The number of phenolic OH excluding ortho intramolecular Hbond substituents is 1. The number of carbonyl (C=O) groups excluding carboxylic acids is 1. The van der Waals surface area contributed by atoms with E-state index < -0.39 is 0 Å². The molecule has 104 valence electrons. The SMILES string of the molecule is CC1c2ccsc2CCN1C(=O)Cc1ccccc1O. The van der Waals surface area contributed by atoms with Crippen molar-refractivity contribution in [1.29, 1.82) is 0 Å². The van der Waals surface area contributed by atoms with E-state index in [2.05, 4.69) is 18.4 Å². The molecule has 3 rings (SSSR count). The number of phenols is 1. The third kappa shape index (κ3) is 2.31.